The molecule has 0 spiro atoms. The summed E-state index contributed by atoms with van der Waals surface area (Å²) in [6.45, 7) is 21.9. The van der Waals surface area contributed by atoms with Crippen molar-refractivity contribution in [2.75, 3.05) is 0 Å². The molecule has 14 rings (SSSR count). The van der Waals surface area contributed by atoms with Crippen LogP contribution in [0.15, 0.2) is 168 Å². The predicted molar refractivity (Wildman–Crippen MR) is 304 cm³/mol. The van der Waals surface area contributed by atoms with Gasteiger partial charge in [-0.05, 0) is 167 Å². The lowest BCUT2D eigenvalue weighted by Gasteiger charge is -2.31. The molecule has 0 N–H and O–H groups in total. The number of pyridine rings is 1. The number of hydrogen-bond acceptors (Lipinski definition) is 2. The highest BCUT2D eigenvalue weighted by atomic mass is 16.3. The van der Waals surface area contributed by atoms with Gasteiger partial charge in [0.25, 0.3) is 0 Å². The molecule has 10 aromatic rings. The second kappa shape index (κ2) is 15.4. The first-order chi connectivity index (χ1) is 35.1. The summed E-state index contributed by atoms with van der Waals surface area (Å²) in [5.41, 5.74) is 31.6. The highest BCUT2D eigenvalue weighted by Crippen LogP contribution is 2.64. The summed E-state index contributed by atoms with van der Waals surface area (Å²) in [5, 5.41) is 2.45. The van der Waals surface area contributed by atoms with Gasteiger partial charge >= 0.3 is 0 Å². The Morgan fingerprint density at radius 2 is 1.19 bits per heavy atom. The third-order valence-electron chi connectivity index (χ3n) is 18.2. The summed E-state index contributed by atoms with van der Waals surface area (Å²) < 4.78 is 7.06. The maximum atomic E-state index is 7.06. The van der Waals surface area contributed by atoms with Gasteiger partial charge in [0.05, 0.1) is 5.69 Å². The van der Waals surface area contributed by atoms with E-state index in [0.717, 1.165) is 42.5 Å². The molecule has 8 aromatic carbocycles. The summed E-state index contributed by atoms with van der Waals surface area (Å²) >= 11 is 0. The first-order valence-corrected chi connectivity index (χ1v) is 26.8. The van der Waals surface area contributed by atoms with Gasteiger partial charge < -0.3 is 4.42 Å². The molecule has 4 aliphatic carbocycles. The van der Waals surface area contributed by atoms with E-state index in [1.807, 2.05) is 12.3 Å². The minimum Gasteiger partial charge on any atom is -0.455 e. The maximum absolute atomic E-state index is 7.06. The molecule has 358 valence electrons. The third kappa shape index (κ3) is 6.25. The van der Waals surface area contributed by atoms with Gasteiger partial charge in [-0.3, -0.25) is 4.98 Å². The zero-order chi connectivity index (χ0) is 49.9. The summed E-state index contributed by atoms with van der Waals surface area (Å²) in [6.07, 6.45) is 5.87. The topological polar surface area (TPSA) is 26.0 Å². The Kier molecular flexibility index (Phi) is 9.35. The smallest absolute Gasteiger partial charge is 0.144 e. The minimum atomic E-state index is -0.263. The normalized spacial score (nSPS) is 16.3. The highest BCUT2D eigenvalue weighted by molar-refractivity contribution is 6.20. The molecule has 2 heteroatoms. The number of nitrogens with zero attached hydrogens (tertiary/aromatic N) is 1. The number of hydrogen-bond donors (Lipinski definition) is 0. The monoisotopic (exact) mass is 945 g/mol. The fraction of sp³-hybridized carbons (Fsp3) is 0.254. The largest absolute Gasteiger partial charge is 0.455 e. The molecule has 0 radical (unpaired) electrons. The SMILES string of the molecule is CC(C)(C)c1ccccc1CC(Cc1ccc2c(c1)C(C)(C)c1c3c(c4c(oc5ccccc54)c1-2)-c1ccccc1C3(C)C)c1ccc2c(c1)C(C)(C)c1cc(-c3ccccn3)c3c(c1-2)-c1ccccc1CC3. The molecule has 0 saturated carbocycles. The lowest BCUT2D eigenvalue weighted by Crippen LogP contribution is -2.24. The van der Waals surface area contributed by atoms with E-state index in [0.29, 0.717) is 0 Å². The van der Waals surface area contributed by atoms with Gasteiger partial charge in [-0.1, -0.05) is 196 Å². The molecule has 1 unspecified atom stereocenters. The third-order valence-corrected chi connectivity index (χ3v) is 18.2. The second-order valence-electron chi connectivity index (χ2n) is 24.5. The van der Waals surface area contributed by atoms with E-state index >= 15 is 0 Å². The van der Waals surface area contributed by atoms with Crippen LogP contribution >= 0.6 is 0 Å². The molecule has 0 amide bonds. The first-order valence-electron chi connectivity index (χ1n) is 26.8. The zero-order valence-electron chi connectivity index (χ0n) is 43.8. The van der Waals surface area contributed by atoms with Crippen molar-refractivity contribution in [1.29, 1.82) is 0 Å². The lowest BCUT2D eigenvalue weighted by molar-refractivity contribution is 0.572. The van der Waals surface area contributed by atoms with Crippen molar-refractivity contribution >= 4 is 21.9 Å². The van der Waals surface area contributed by atoms with Crippen LogP contribution in [0.2, 0.25) is 0 Å². The van der Waals surface area contributed by atoms with E-state index < -0.39 is 0 Å². The van der Waals surface area contributed by atoms with Gasteiger partial charge in [0.1, 0.15) is 11.2 Å². The van der Waals surface area contributed by atoms with Gasteiger partial charge in [0, 0.05) is 44.3 Å². The minimum absolute atomic E-state index is 0.0163. The summed E-state index contributed by atoms with van der Waals surface area (Å²) in [5.74, 6) is 0.233. The van der Waals surface area contributed by atoms with Crippen LogP contribution in [0.4, 0.5) is 0 Å². The number of rotatable bonds is 6. The van der Waals surface area contributed by atoms with E-state index in [4.69, 9.17) is 9.40 Å². The van der Waals surface area contributed by atoms with Gasteiger partial charge in [-0.25, -0.2) is 0 Å². The highest BCUT2D eigenvalue weighted by Gasteiger charge is 2.49. The van der Waals surface area contributed by atoms with Crippen LogP contribution in [0.1, 0.15) is 135 Å². The number of aryl methyl sites for hydroxylation is 1. The Labute approximate surface area is 431 Å². The van der Waals surface area contributed by atoms with Crippen LogP contribution in [0.25, 0.3) is 77.7 Å². The lowest BCUT2D eigenvalue weighted by atomic mass is 9.72. The van der Waals surface area contributed by atoms with Crippen molar-refractivity contribution in [2.24, 2.45) is 0 Å². The first kappa shape index (κ1) is 44.4. The Morgan fingerprint density at radius 1 is 0.521 bits per heavy atom. The van der Waals surface area contributed by atoms with Gasteiger partial charge in [-0.15, -0.1) is 0 Å². The van der Waals surface area contributed by atoms with Crippen LogP contribution in [0.5, 0.6) is 0 Å². The van der Waals surface area contributed by atoms with E-state index in [1.165, 1.54) is 128 Å². The average molecular weight is 946 g/mol. The quantitative estimate of drug-likeness (QED) is 0.166. The molecule has 2 nitrogen and oxygen atoms in total. The predicted octanol–water partition coefficient (Wildman–Crippen LogP) is 18.2. The number of benzene rings is 8. The average Bonchev–Trinajstić information content (AvgIpc) is 4.04. The van der Waals surface area contributed by atoms with Crippen LogP contribution < -0.4 is 0 Å². The summed E-state index contributed by atoms with van der Waals surface area (Å²) in [4.78, 5) is 4.97. The van der Waals surface area contributed by atoms with E-state index in [2.05, 4.69) is 214 Å². The molecule has 1 atom stereocenters. The molecule has 0 saturated heterocycles. The number of fused-ring (bicyclic) bond motifs is 19. The number of para-hydroxylation sites is 1. The van der Waals surface area contributed by atoms with Gasteiger partial charge in [0.15, 0.2) is 0 Å². The molecule has 0 fully saturated rings. The Balaban J connectivity index is 0.932. The van der Waals surface area contributed by atoms with E-state index in [-0.39, 0.29) is 27.6 Å². The molecule has 73 heavy (non-hydrogen) atoms. The van der Waals surface area contributed by atoms with Crippen molar-refractivity contribution in [3.63, 3.8) is 0 Å². The molecule has 2 aromatic heterocycles. The van der Waals surface area contributed by atoms with Crippen molar-refractivity contribution in [3.05, 3.63) is 231 Å². The molecule has 0 bridgehead atoms. The van der Waals surface area contributed by atoms with Crippen molar-refractivity contribution in [3.8, 4) is 55.8 Å². The summed E-state index contributed by atoms with van der Waals surface area (Å²) in [7, 11) is 0. The Hall–Kier alpha value is -7.29. The van der Waals surface area contributed by atoms with E-state index in [9.17, 15) is 0 Å². The molecule has 4 aliphatic rings. The maximum Gasteiger partial charge on any atom is 0.144 e. The van der Waals surface area contributed by atoms with Crippen molar-refractivity contribution < 1.29 is 4.42 Å². The standard InChI is InChI=1S/C71H63NO/c1-68(2,3)53-25-15-11-21-44(53)38-45(43-31-34-49-56(39-43)69(4,5)57-40-52(58-27-18-19-35-72-58)47-33-30-42-20-10-12-22-46(42)60(47)61(49)57)36-41-29-32-50-55(37-41)71(8,9)66-64(50)67-63(51-24-14-17-28-59(51)73-67)62-48-23-13-16-26-54(48)70(6,7)65(62)66/h10-29,31-32,34-35,37,39-40,45H,30,33,36,38H2,1-9H3. The summed E-state index contributed by atoms with van der Waals surface area (Å²) in [6, 6.07) is 60.1. The Morgan fingerprint density at radius 3 is 2.01 bits per heavy atom. The number of furan rings is 1. The van der Waals surface area contributed by atoms with Crippen molar-refractivity contribution in [2.45, 2.75) is 116 Å². The van der Waals surface area contributed by atoms with E-state index in [1.54, 1.807) is 0 Å². The van der Waals surface area contributed by atoms with Crippen LogP contribution in [0, 0.1) is 0 Å². The molecule has 0 aliphatic heterocycles. The molecule has 2 heterocycles. The fourth-order valence-corrected chi connectivity index (χ4v) is 14.7. The zero-order valence-corrected chi connectivity index (χ0v) is 43.8. The van der Waals surface area contributed by atoms with Crippen LogP contribution in [0.3, 0.4) is 0 Å². The van der Waals surface area contributed by atoms with Crippen LogP contribution in [-0.2, 0) is 47.3 Å². The van der Waals surface area contributed by atoms with Gasteiger partial charge in [-0.2, -0.15) is 0 Å². The van der Waals surface area contributed by atoms with Crippen molar-refractivity contribution in [1.82, 2.24) is 4.98 Å². The molecular weight excluding hydrogens is 883 g/mol. The fourth-order valence-electron chi connectivity index (χ4n) is 14.7. The van der Waals surface area contributed by atoms with Crippen LogP contribution in [-0.4, -0.2) is 4.98 Å². The number of aromatic nitrogens is 1. The Bertz CT molecular complexity index is 3980. The van der Waals surface area contributed by atoms with Gasteiger partial charge in [0.2, 0.25) is 0 Å². The molecular formula is C71H63NO. The second-order valence-corrected chi connectivity index (χ2v) is 24.5.